The largest absolute Gasteiger partial charge is 0.367 e. The lowest BCUT2D eigenvalue weighted by Crippen LogP contribution is -2.25. The number of hydrogen-bond acceptors (Lipinski definition) is 3. The molecule has 0 saturated heterocycles. The first-order valence-electron chi connectivity index (χ1n) is 3.88. The van der Waals surface area contributed by atoms with Crippen LogP contribution in [0.4, 0.5) is 5.69 Å². The van der Waals surface area contributed by atoms with E-state index in [9.17, 15) is 8.42 Å². The highest BCUT2D eigenvalue weighted by molar-refractivity contribution is 7.86. The van der Waals surface area contributed by atoms with Crippen LogP contribution in [0.15, 0.2) is 24.3 Å². The van der Waals surface area contributed by atoms with Gasteiger partial charge < -0.3 is 5.32 Å². The molecule has 14 heavy (non-hydrogen) atoms. The summed E-state index contributed by atoms with van der Waals surface area (Å²) in [4.78, 5) is 0. The molecule has 1 atom stereocenters. The van der Waals surface area contributed by atoms with E-state index in [1.807, 2.05) is 0 Å². The number of anilines is 1. The Bertz CT molecular complexity index is 401. The molecule has 1 aromatic rings. The van der Waals surface area contributed by atoms with Gasteiger partial charge in [0.05, 0.1) is 0 Å². The fraction of sp³-hybridized carbons (Fsp3) is 0.250. The third kappa shape index (κ3) is 3.17. The normalized spacial score (nSPS) is 13.6. The van der Waals surface area contributed by atoms with Gasteiger partial charge in [0, 0.05) is 10.7 Å². The van der Waals surface area contributed by atoms with Gasteiger partial charge in [-0.3, -0.25) is 4.55 Å². The minimum Gasteiger partial charge on any atom is -0.367 e. The second-order valence-corrected chi connectivity index (χ2v) is 4.98. The number of hydrogen-bond donors (Lipinski definition) is 2. The molecular formula is C8H10ClNO3S. The minimum atomic E-state index is -4.06. The quantitative estimate of drug-likeness (QED) is 0.787. The molecule has 0 radical (unpaired) electrons. The SMILES string of the molecule is C[C@H](Nc1ccc(Cl)cc1)S(=O)(=O)O. The highest BCUT2D eigenvalue weighted by Gasteiger charge is 2.16. The maximum absolute atomic E-state index is 10.7. The molecule has 0 aromatic heterocycles. The van der Waals surface area contributed by atoms with Crippen LogP contribution in [0, 0.1) is 0 Å². The predicted octanol–water partition coefficient (Wildman–Crippen LogP) is 1.99. The first-order chi connectivity index (χ1) is 6.39. The lowest BCUT2D eigenvalue weighted by Gasteiger charge is -2.11. The van der Waals surface area contributed by atoms with E-state index in [-0.39, 0.29) is 0 Å². The summed E-state index contributed by atoms with van der Waals surface area (Å²) in [6.07, 6.45) is 0. The van der Waals surface area contributed by atoms with Gasteiger partial charge in [0.25, 0.3) is 10.1 Å². The Morgan fingerprint density at radius 1 is 1.36 bits per heavy atom. The summed E-state index contributed by atoms with van der Waals surface area (Å²) in [5.41, 5.74) is 0.583. The summed E-state index contributed by atoms with van der Waals surface area (Å²) in [6, 6.07) is 6.51. The van der Waals surface area contributed by atoms with Crippen LogP contribution in [0.5, 0.6) is 0 Å². The Kier molecular flexibility index (Phi) is 3.36. The van der Waals surface area contributed by atoms with Gasteiger partial charge in [0.1, 0.15) is 0 Å². The zero-order valence-electron chi connectivity index (χ0n) is 7.44. The van der Waals surface area contributed by atoms with E-state index in [0.29, 0.717) is 10.7 Å². The summed E-state index contributed by atoms with van der Waals surface area (Å²) in [7, 11) is -4.06. The summed E-state index contributed by atoms with van der Waals surface area (Å²) in [5.74, 6) is 0. The molecule has 0 aliphatic carbocycles. The van der Waals surface area contributed by atoms with Crippen molar-refractivity contribution >= 4 is 27.4 Å². The second kappa shape index (κ2) is 4.16. The minimum absolute atomic E-state index is 0.565. The Balaban J connectivity index is 2.75. The molecule has 0 unspecified atom stereocenters. The molecule has 0 bridgehead atoms. The van der Waals surface area contributed by atoms with E-state index in [2.05, 4.69) is 5.32 Å². The molecule has 0 heterocycles. The molecule has 0 aliphatic heterocycles. The van der Waals surface area contributed by atoms with E-state index >= 15 is 0 Å². The predicted molar refractivity (Wildman–Crippen MR) is 56.1 cm³/mol. The number of nitrogens with one attached hydrogen (secondary N) is 1. The van der Waals surface area contributed by atoms with Gasteiger partial charge in [-0.15, -0.1) is 0 Å². The summed E-state index contributed by atoms with van der Waals surface area (Å²) >= 11 is 5.64. The lowest BCUT2D eigenvalue weighted by molar-refractivity contribution is 0.475. The fourth-order valence-electron chi connectivity index (χ4n) is 0.855. The number of benzene rings is 1. The van der Waals surface area contributed by atoms with Crippen molar-refractivity contribution in [1.29, 1.82) is 0 Å². The number of halogens is 1. The van der Waals surface area contributed by atoms with Crippen LogP contribution in [0.2, 0.25) is 5.02 Å². The van der Waals surface area contributed by atoms with Gasteiger partial charge in [-0.2, -0.15) is 8.42 Å². The molecule has 0 aliphatic rings. The van der Waals surface area contributed by atoms with Gasteiger partial charge in [-0.25, -0.2) is 0 Å². The third-order valence-corrected chi connectivity index (χ3v) is 2.92. The first-order valence-corrected chi connectivity index (χ1v) is 5.76. The van der Waals surface area contributed by atoms with Crippen molar-refractivity contribution in [3.63, 3.8) is 0 Å². The van der Waals surface area contributed by atoms with Crippen molar-refractivity contribution in [2.75, 3.05) is 5.32 Å². The first kappa shape index (κ1) is 11.3. The molecule has 6 heteroatoms. The molecule has 78 valence electrons. The van der Waals surface area contributed by atoms with E-state index < -0.39 is 15.5 Å². The van der Waals surface area contributed by atoms with E-state index in [1.54, 1.807) is 24.3 Å². The zero-order chi connectivity index (χ0) is 10.8. The number of rotatable bonds is 3. The van der Waals surface area contributed by atoms with Crippen LogP contribution in [-0.2, 0) is 10.1 Å². The smallest absolute Gasteiger partial charge is 0.285 e. The fourth-order valence-corrected chi connectivity index (χ4v) is 1.27. The van der Waals surface area contributed by atoms with Crippen molar-refractivity contribution in [3.05, 3.63) is 29.3 Å². The van der Waals surface area contributed by atoms with E-state index in [0.717, 1.165) is 0 Å². The van der Waals surface area contributed by atoms with E-state index in [4.69, 9.17) is 16.2 Å². The standard InChI is InChI=1S/C8H10ClNO3S/c1-6(14(11,12)13)10-8-4-2-7(9)3-5-8/h2-6,10H,1H3,(H,11,12,13)/t6-/m1/s1. The molecular weight excluding hydrogens is 226 g/mol. The molecule has 0 amide bonds. The van der Waals surface area contributed by atoms with Crippen LogP contribution >= 0.6 is 11.6 Å². The summed E-state index contributed by atoms with van der Waals surface area (Å²) in [6.45, 7) is 1.35. The lowest BCUT2D eigenvalue weighted by atomic mass is 10.3. The van der Waals surface area contributed by atoms with Crippen LogP contribution in [0.25, 0.3) is 0 Å². The Morgan fingerprint density at radius 2 is 1.86 bits per heavy atom. The van der Waals surface area contributed by atoms with E-state index in [1.165, 1.54) is 6.92 Å². The van der Waals surface area contributed by atoms with Gasteiger partial charge in [0.15, 0.2) is 5.37 Å². The van der Waals surface area contributed by atoms with Crippen LogP contribution < -0.4 is 5.32 Å². The van der Waals surface area contributed by atoms with Crippen LogP contribution in [0.1, 0.15) is 6.92 Å². The topological polar surface area (TPSA) is 66.4 Å². The highest BCUT2D eigenvalue weighted by atomic mass is 35.5. The summed E-state index contributed by atoms with van der Waals surface area (Å²) in [5, 5.41) is 2.14. The average Bonchev–Trinajstić information content (AvgIpc) is 2.07. The van der Waals surface area contributed by atoms with Gasteiger partial charge in [-0.1, -0.05) is 11.6 Å². The van der Waals surface area contributed by atoms with Gasteiger partial charge in [0.2, 0.25) is 0 Å². The van der Waals surface area contributed by atoms with Crippen LogP contribution in [-0.4, -0.2) is 18.3 Å². The van der Waals surface area contributed by atoms with Crippen molar-refractivity contribution in [2.24, 2.45) is 0 Å². The molecule has 2 N–H and O–H groups in total. The summed E-state index contributed by atoms with van der Waals surface area (Å²) < 4.78 is 30.0. The average molecular weight is 236 g/mol. The maximum atomic E-state index is 10.7. The Morgan fingerprint density at radius 3 is 2.29 bits per heavy atom. The van der Waals surface area contributed by atoms with Crippen molar-refractivity contribution < 1.29 is 13.0 Å². The molecule has 0 spiro atoms. The van der Waals surface area contributed by atoms with Crippen LogP contribution in [0.3, 0.4) is 0 Å². The van der Waals surface area contributed by atoms with Crippen molar-refractivity contribution in [3.8, 4) is 0 Å². The van der Waals surface area contributed by atoms with Gasteiger partial charge >= 0.3 is 0 Å². The molecule has 4 nitrogen and oxygen atoms in total. The van der Waals surface area contributed by atoms with Crippen molar-refractivity contribution in [2.45, 2.75) is 12.3 Å². The third-order valence-electron chi connectivity index (χ3n) is 1.66. The molecule has 1 rings (SSSR count). The Hall–Kier alpha value is -0.780. The highest BCUT2D eigenvalue weighted by Crippen LogP contribution is 2.15. The van der Waals surface area contributed by atoms with Gasteiger partial charge in [-0.05, 0) is 31.2 Å². The second-order valence-electron chi connectivity index (χ2n) is 2.81. The Labute approximate surface area is 87.6 Å². The zero-order valence-corrected chi connectivity index (χ0v) is 9.01. The molecule has 0 saturated carbocycles. The molecule has 0 fully saturated rings. The monoisotopic (exact) mass is 235 g/mol. The molecule has 1 aromatic carbocycles. The van der Waals surface area contributed by atoms with Crippen molar-refractivity contribution in [1.82, 2.24) is 0 Å². The maximum Gasteiger partial charge on any atom is 0.285 e.